The van der Waals surface area contributed by atoms with E-state index in [1.165, 1.54) is 0 Å². The van der Waals surface area contributed by atoms with E-state index in [-0.39, 0.29) is 30.2 Å². The molecule has 0 radical (unpaired) electrons. The molecule has 108 valence electrons. The van der Waals surface area contributed by atoms with Gasteiger partial charge in [-0.05, 0) is 24.5 Å². The Hall–Kier alpha value is -1.82. The monoisotopic (exact) mass is 283 g/mol. The van der Waals surface area contributed by atoms with E-state index in [1.807, 2.05) is 6.92 Å². The highest BCUT2D eigenvalue weighted by molar-refractivity contribution is 6.21. The number of carbonyl (C=O) groups excluding carboxylic acids is 2. The summed E-state index contributed by atoms with van der Waals surface area (Å²) >= 11 is 0. The van der Waals surface area contributed by atoms with E-state index in [1.54, 1.807) is 0 Å². The molecule has 1 aliphatic heterocycles. The molecule has 0 spiro atoms. The summed E-state index contributed by atoms with van der Waals surface area (Å²) in [6.45, 7) is 2.00. The van der Waals surface area contributed by atoms with Crippen LogP contribution < -0.4 is 0 Å². The van der Waals surface area contributed by atoms with Gasteiger partial charge in [0.1, 0.15) is 0 Å². The SMILES string of the molecule is CCC(CCO)CN1C(=O)c2cc(F)c(F)cc2C1=O. The van der Waals surface area contributed by atoms with Crippen LogP contribution in [0.25, 0.3) is 0 Å². The topological polar surface area (TPSA) is 57.6 Å². The maximum absolute atomic E-state index is 13.2. The van der Waals surface area contributed by atoms with Crippen LogP contribution in [0.15, 0.2) is 12.1 Å². The highest BCUT2D eigenvalue weighted by atomic mass is 19.2. The number of hydrogen-bond acceptors (Lipinski definition) is 3. The van der Waals surface area contributed by atoms with Crippen molar-refractivity contribution < 1.29 is 23.5 Å². The van der Waals surface area contributed by atoms with Crippen molar-refractivity contribution in [1.29, 1.82) is 0 Å². The molecule has 1 aromatic rings. The molecule has 1 aliphatic rings. The van der Waals surface area contributed by atoms with Crippen molar-refractivity contribution in [3.63, 3.8) is 0 Å². The van der Waals surface area contributed by atoms with E-state index >= 15 is 0 Å². The number of carbonyl (C=O) groups is 2. The molecule has 0 fully saturated rings. The van der Waals surface area contributed by atoms with Gasteiger partial charge in [-0.2, -0.15) is 0 Å². The first-order valence-corrected chi connectivity index (χ1v) is 6.45. The standard InChI is InChI=1S/C14H15F2NO3/c1-2-8(3-4-18)7-17-13(19)9-5-11(15)12(16)6-10(9)14(17)20/h5-6,8,18H,2-4,7H2,1H3. The lowest BCUT2D eigenvalue weighted by Crippen LogP contribution is -2.34. The molecule has 1 aromatic carbocycles. The predicted octanol–water partition coefficient (Wildman–Crippen LogP) is 1.97. The molecule has 0 aliphatic carbocycles. The predicted molar refractivity (Wildman–Crippen MR) is 67.2 cm³/mol. The first-order chi connectivity index (χ1) is 9.49. The Morgan fingerprint density at radius 2 is 1.65 bits per heavy atom. The van der Waals surface area contributed by atoms with Crippen LogP contribution in [0, 0.1) is 17.6 Å². The minimum atomic E-state index is -1.14. The maximum atomic E-state index is 13.2. The fourth-order valence-electron chi connectivity index (χ4n) is 2.31. The van der Waals surface area contributed by atoms with Crippen LogP contribution in [0.2, 0.25) is 0 Å². The number of halogens is 2. The van der Waals surface area contributed by atoms with E-state index < -0.39 is 23.4 Å². The van der Waals surface area contributed by atoms with E-state index in [0.29, 0.717) is 12.8 Å². The highest BCUT2D eigenvalue weighted by Crippen LogP contribution is 2.26. The van der Waals surface area contributed by atoms with Crippen molar-refractivity contribution in [3.8, 4) is 0 Å². The van der Waals surface area contributed by atoms with Crippen LogP contribution in [0.1, 0.15) is 40.5 Å². The van der Waals surface area contributed by atoms with Gasteiger partial charge in [-0.25, -0.2) is 8.78 Å². The Kier molecular flexibility index (Phi) is 4.13. The third-order valence-electron chi connectivity index (χ3n) is 3.57. The molecule has 20 heavy (non-hydrogen) atoms. The molecule has 1 N–H and O–H groups in total. The molecule has 4 nitrogen and oxygen atoms in total. The fourth-order valence-corrected chi connectivity index (χ4v) is 2.31. The van der Waals surface area contributed by atoms with Crippen molar-refractivity contribution in [2.75, 3.05) is 13.2 Å². The third kappa shape index (κ3) is 2.43. The van der Waals surface area contributed by atoms with Crippen molar-refractivity contribution in [2.45, 2.75) is 19.8 Å². The summed E-state index contributed by atoms with van der Waals surface area (Å²) < 4.78 is 26.3. The van der Waals surface area contributed by atoms with Crippen molar-refractivity contribution in [1.82, 2.24) is 4.90 Å². The first-order valence-electron chi connectivity index (χ1n) is 6.45. The third-order valence-corrected chi connectivity index (χ3v) is 3.57. The van der Waals surface area contributed by atoms with Gasteiger partial charge in [-0.15, -0.1) is 0 Å². The fraction of sp³-hybridized carbons (Fsp3) is 0.429. The molecule has 1 atom stereocenters. The lowest BCUT2D eigenvalue weighted by Gasteiger charge is -2.20. The van der Waals surface area contributed by atoms with E-state index in [9.17, 15) is 18.4 Å². The Balaban J connectivity index is 2.28. The number of benzene rings is 1. The van der Waals surface area contributed by atoms with Gasteiger partial charge < -0.3 is 5.11 Å². The molecule has 6 heteroatoms. The zero-order valence-electron chi connectivity index (χ0n) is 11.0. The second-order valence-corrected chi connectivity index (χ2v) is 4.82. The zero-order valence-corrected chi connectivity index (χ0v) is 11.0. The Morgan fingerprint density at radius 3 is 2.05 bits per heavy atom. The van der Waals surface area contributed by atoms with E-state index in [0.717, 1.165) is 17.0 Å². The van der Waals surface area contributed by atoms with Gasteiger partial charge >= 0.3 is 0 Å². The first kappa shape index (κ1) is 14.6. The number of fused-ring (bicyclic) bond motifs is 1. The minimum Gasteiger partial charge on any atom is -0.396 e. The van der Waals surface area contributed by atoms with Crippen LogP contribution in [0.5, 0.6) is 0 Å². The minimum absolute atomic E-state index is 0.0306. The molecule has 1 heterocycles. The van der Waals surface area contributed by atoms with E-state index in [4.69, 9.17) is 5.11 Å². The Labute approximate surface area is 115 Å². The zero-order chi connectivity index (χ0) is 14.9. The average molecular weight is 283 g/mol. The van der Waals surface area contributed by atoms with Gasteiger partial charge in [0, 0.05) is 13.2 Å². The number of aliphatic hydroxyl groups excluding tert-OH is 1. The van der Waals surface area contributed by atoms with Gasteiger partial charge in [-0.1, -0.05) is 13.3 Å². The summed E-state index contributed by atoms with van der Waals surface area (Å²) in [4.78, 5) is 25.2. The van der Waals surface area contributed by atoms with Crippen LogP contribution in [-0.2, 0) is 0 Å². The summed E-state index contributed by atoms with van der Waals surface area (Å²) in [5.74, 6) is -3.54. The quantitative estimate of drug-likeness (QED) is 0.840. The molecular formula is C14H15F2NO3. The Morgan fingerprint density at radius 1 is 1.15 bits per heavy atom. The summed E-state index contributed by atoms with van der Waals surface area (Å²) in [6, 6.07) is 1.52. The number of nitrogens with zero attached hydrogens (tertiary/aromatic N) is 1. The largest absolute Gasteiger partial charge is 0.396 e. The van der Waals surface area contributed by atoms with Gasteiger partial charge in [0.2, 0.25) is 0 Å². The van der Waals surface area contributed by atoms with Crippen LogP contribution >= 0.6 is 0 Å². The summed E-state index contributed by atoms with van der Waals surface area (Å²) in [5, 5.41) is 8.93. The van der Waals surface area contributed by atoms with Crippen molar-refractivity contribution in [3.05, 3.63) is 34.9 Å². The molecule has 0 bridgehead atoms. The molecule has 1 unspecified atom stereocenters. The molecule has 2 rings (SSSR count). The second-order valence-electron chi connectivity index (χ2n) is 4.82. The number of amides is 2. The number of imide groups is 1. The highest BCUT2D eigenvalue weighted by Gasteiger charge is 2.37. The second kappa shape index (κ2) is 5.66. The summed E-state index contributed by atoms with van der Waals surface area (Å²) in [7, 11) is 0. The summed E-state index contributed by atoms with van der Waals surface area (Å²) in [6.07, 6.45) is 1.16. The molecular weight excluding hydrogens is 268 g/mol. The van der Waals surface area contributed by atoms with Crippen molar-refractivity contribution in [2.24, 2.45) is 5.92 Å². The summed E-state index contributed by atoms with van der Waals surface area (Å²) in [5.41, 5.74) is -0.208. The van der Waals surface area contributed by atoms with Gasteiger partial charge in [-0.3, -0.25) is 14.5 Å². The van der Waals surface area contributed by atoms with Crippen LogP contribution in [-0.4, -0.2) is 35.0 Å². The van der Waals surface area contributed by atoms with Gasteiger partial charge in [0.25, 0.3) is 11.8 Å². The lowest BCUT2D eigenvalue weighted by atomic mass is 10.0. The maximum Gasteiger partial charge on any atom is 0.261 e. The molecule has 2 amide bonds. The normalized spacial score (nSPS) is 15.7. The molecule has 0 saturated heterocycles. The Bertz CT molecular complexity index is 519. The van der Waals surface area contributed by atoms with Crippen molar-refractivity contribution >= 4 is 11.8 Å². The van der Waals surface area contributed by atoms with E-state index in [2.05, 4.69) is 0 Å². The molecule has 0 saturated carbocycles. The molecule has 0 aromatic heterocycles. The smallest absolute Gasteiger partial charge is 0.261 e. The number of aliphatic hydroxyl groups is 1. The van der Waals surface area contributed by atoms with Gasteiger partial charge in [0.05, 0.1) is 11.1 Å². The number of hydrogen-bond donors (Lipinski definition) is 1. The lowest BCUT2D eigenvalue weighted by molar-refractivity contribution is 0.0618. The van der Waals surface area contributed by atoms with Crippen LogP contribution in [0.4, 0.5) is 8.78 Å². The van der Waals surface area contributed by atoms with Gasteiger partial charge in [0.15, 0.2) is 11.6 Å². The van der Waals surface area contributed by atoms with Crippen LogP contribution in [0.3, 0.4) is 0 Å². The average Bonchev–Trinajstić information content (AvgIpc) is 2.64. The number of rotatable bonds is 5.